The molecule has 1 aromatic heterocycles. The predicted octanol–water partition coefficient (Wildman–Crippen LogP) is 2.85. The third kappa shape index (κ3) is 2.72. The predicted molar refractivity (Wildman–Crippen MR) is 73.2 cm³/mol. The molecule has 2 aromatic rings. The van der Waals surface area contributed by atoms with Crippen LogP contribution in [0.5, 0.6) is 11.5 Å². The maximum atomic E-state index is 9.63. The van der Waals surface area contributed by atoms with Gasteiger partial charge in [0.25, 0.3) is 0 Å². The Hall–Kier alpha value is -1.59. The van der Waals surface area contributed by atoms with E-state index < -0.39 is 6.10 Å². The molecule has 1 N–H and O–H groups in total. The van der Waals surface area contributed by atoms with Crippen LogP contribution >= 0.6 is 15.9 Å². The van der Waals surface area contributed by atoms with Crippen molar-refractivity contribution in [3.63, 3.8) is 0 Å². The SMILES string of the molecule is OC1COc2cc(OCc3ccc(Br)cn3)ccc21. The van der Waals surface area contributed by atoms with Crippen molar-refractivity contribution in [1.82, 2.24) is 4.98 Å². The molecule has 0 saturated heterocycles. The minimum Gasteiger partial charge on any atom is -0.490 e. The fourth-order valence-corrected chi connectivity index (χ4v) is 2.15. The van der Waals surface area contributed by atoms with Crippen LogP contribution in [0.3, 0.4) is 0 Å². The first-order valence-corrected chi connectivity index (χ1v) is 6.70. The highest BCUT2D eigenvalue weighted by atomic mass is 79.9. The average molecular weight is 322 g/mol. The summed E-state index contributed by atoms with van der Waals surface area (Å²) in [5, 5.41) is 9.63. The average Bonchev–Trinajstić information content (AvgIpc) is 2.79. The van der Waals surface area contributed by atoms with Gasteiger partial charge in [0.2, 0.25) is 0 Å². The van der Waals surface area contributed by atoms with Gasteiger partial charge in [0, 0.05) is 22.3 Å². The molecule has 0 saturated carbocycles. The van der Waals surface area contributed by atoms with Crippen LogP contribution in [0.2, 0.25) is 0 Å². The molecular weight excluding hydrogens is 310 g/mol. The van der Waals surface area contributed by atoms with Crippen LogP contribution < -0.4 is 9.47 Å². The normalized spacial score (nSPS) is 16.8. The first-order valence-electron chi connectivity index (χ1n) is 5.90. The highest BCUT2D eigenvalue weighted by Crippen LogP contribution is 2.35. The lowest BCUT2D eigenvalue weighted by atomic mass is 10.1. The van der Waals surface area contributed by atoms with Crippen molar-refractivity contribution in [1.29, 1.82) is 0 Å². The van der Waals surface area contributed by atoms with Gasteiger partial charge in [0.05, 0.1) is 5.69 Å². The van der Waals surface area contributed by atoms with Gasteiger partial charge in [-0.3, -0.25) is 4.98 Å². The molecule has 1 unspecified atom stereocenters. The molecular formula is C14H12BrNO3. The Balaban J connectivity index is 1.69. The summed E-state index contributed by atoms with van der Waals surface area (Å²) in [4.78, 5) is 4.23. The second-order valence-electron chi connectivity index (χ2n) is 4.28. The summed E-state index contributed by atoms with van der Waals surface area (Å²) >= 11 is 3.34. The topological polar surface area (TPSA) is 51.6 Å². The maximum absolute atomic E-state index is 9.63. The number of aromatic nitrogens is 1. The number of fused-ring (bicyclic) bond motifs is 1. The van der Waals surface area contributed by atoms with Crippen molar-refractivity contribution < 1.29 is 14.6 Å². The number of hydrogen-bond acceptors (Lipinski definition) is 4. The van der Waals surface area contributed by atoms with Crippen molar-refractivity contribution in [3.05, 3.63) is 52.3 Å². The van der Waals surface area contributed by atoms with E-state index in [0.717, 1.165) is 15.7 Å². The fraction of sp³-hybridized carbons (Fsp3) is 0.214. The van der Waals surface area contributed by atoms with Crippen LogP contribution in [0, 0.1) is 0 Å². The molecule has 0 spiro atoms. The Morgan fingerprint density at radius 1 is 1.37 bits per heavy atom. The molecule has 0 bridgehead atoms. The summed E-state index contributed by atoms with van der Waals surface area (Å²) in [7, 11) is 0. The molecule has 19 heavy (non-hydrogen) atoms. The van der Waals surface area contributed by atoms with Gasteiger partial charge < -0.3 is 14.6 Å². The van der Waals surface area contributed by atoms with Crippen molar-refractivity contribution in [2.75, 3.05) is 6.61 Å². The molecule has 5 heteroatoms. The van der Waals surface area contributed by atoms with E-state index in [1.165, 1.54) is 0 Å². The summed E-state index contributed by atoms with van der Waals surface area (Å²) in [6, 6.07) is 9.28. The van der Waals surface area contributed by atoms with Crippen molar-refractivity contribution in [2.45, 2.75) is 12.7 Å². The Kier molecular flexibility index (Phi) is 3.40. The first kappa shape index (κ1) is 12.4. The zero-order valence-electron chi connectivity index (χ0n) is 10.0. The van der Waals surface area contributed by atoms with E-state index in [-0.39, 0.29) is 0 Å². The summed E-state index contributed by atoms with van der Waals surface area (Å²) in [5.41, 5.74) is 1.67. The number of benzene rings is 1. The van der Waals surface area contributed by atoms with Crippen molar-refractivity contribution in [2.24, 2.45) is 0 Å². The molecule has 3 rings (SSSR count). The van der Waals surface area contributed by atoms with Gasteiger partial charge in [0.1, 0.15) is 30.8 Å². The Morgan fingerprint density at radius 3 is 3.05 bits per heavy atom. The van der Waals surface area contributed by atoms with Crippen LogP contribution in [0.25, 0.3) is 0 Å². The van der Waals surface area contributed by atoms with Crippen LogP contribution in [0.15, 0.2) is 41.0 Å². The number of rotatable bonds is 3. The van der Waals surface area contributed by atoms with Gasteiger partial charge in [0.15, 0.2) is 0 Å². The minimum atomic E-state index is -0.530. The molecule has 4 nitrogen and oxygen atoms in total. The quantitative estimate of drug-likeness (QED) is 0.944. The summed E-state index contributed by atoms with van der Waals surface area (Å²) in [5.74, 6) is 1.39. The molecule has 0 radical (unpaired) electrons. The fourth-order valence-electron chi connectivity index (χ4n) is 1.91. The molecule has 0 fully saturated rings. The van der Waals surface area contributed by atoms with Crippen LogP contribution in [-0.4, -0.2) is 16.7 Å². The molecule has 2 heterocycles. The number of hydrogen-bond donors (Lipinski definition) is 1. The van der Waals surface area contributed by atoms with Gasteiger partial charge >= 0.3 is 0 Å². The number of nitrogens with zero attached hydrogens (tertiary/aromatic N) is 1. The molecule has 98 valence electrons. The zero-order valence-corrected chi connectivity index (χ0v) is 11.6. The number of aliphatic hydroxyl groups is 1. The van der Waals surface area contributed by atoms with Gasteiger partial charge in [-0.1, -0.05) is 0 Å². The molecule has 1 aromatic carbocycles. The van der Waals surface area contributed by atoms with E-state index in [4.69, 9.17) is 9.47 Å². The Labute approximate surface area is 119 Å². The van der Waals surface area contributed by atoms with Crippen LogP contribution in [0.4, 0.5) is 0 Å². The highest BCUT2D eigenvalue weighted by Gasteiger charge is 2.21. The van der Waals surface area contributed by atoms with Crippen LogP contribution in [-0.2, 0) is 6.61 Å². The van der Waals surface area contributed by atoms with Gasteiger partial charge in [-0.15, -0.1) is 0 Å². The van der Waals surface area contributed by atoms with Gasteiger partial charge in [-0.05, 0) is 40.2 Å². The standard InChI is InChI=1S/C14H12BrNO3/c15-9-1-2-10(16-6-9)7-18-11-3-4-12-13(17)8-19-14(12)5-11/h1-6,13,17H,7-8H2. The lowest BCUT2D eigenvalue weighted by Crippen LogP contribution is -1.98. The number of halogens is 1. The van der Waals surface area contributed by atoms with E-state index in [2.05, 4.69) is 20.9 Å². The summed E-state index contributed by atoms with van der Waals surface area (Å²) < 4.78 is 12.0. The van der Waals surface area contributed by atoms with Crippen molar-refractivity contribution in [3.8, 4) is 11.5 Å². The Morgan fingerprint density at radius 2 is 2.26 bits per heavy atom. The Bertz CT molecular complexity index is 586. The summed E-state index contributed by atoms with van der Waals surface area (Å²) in [6.07, 6.45) is 1.21. The van der Waals surface area contributed by atoms with E-state index in [0.29, 0.717) is 24.7 Å². The number of pyridine rings is 1. The van der Waals surface area contributed by atoms with E-state index >= 15 is 0 Å². The molecule has 1 atom stereocenters. The van der Waals surface area contributed by atoms with E-state index in [1.807, 2.05) is 24.3 Å². The largest absolute Gasteiger partial charge is 0.490 e. The van der Waals surface area contributed by atoms with E-state index in [1.54, 1.807) is 12.3 Å². The van der Waals surface area contributed by atoms with Crippen molar-refractivity contribution >= 4 is 15.9 Å². The van der Waals surface area contributed by atoms with E-state index in [9.17, 15) is 5.11 Å². The zero-order chi connectivity index (χ0) is 13.2. The third-order valence-electron chi connectivity index (χ3n) is 2.92. The molecule has 1 aliphatic rings. The minimum absolute atomic E-state index is 0.313. The van der Waals surface area contributed by atoms with Crippen LogP contribution in [0.1, 0.15) is 17.4 Å². The molecule has 0 amide bonds. The highest BCUT2D eigenvalue weighted by molar-refractivity contribution is 9.10. The molecule has 1 aliphatic heterocycles. The second kappa shape index (κ2) is 5.19. The maximum Gasteiger partial charge on any atom is 0.130 e. The second-order valence-corrected chi connectivity index (χ2v) is 5.20. The third-order valence-corrected chi connectivity index (χ3v) is 3.39. The summed E-state index contributed by atoms with van der Waals surface area (Å²) in [6.45, 7) is 0.710. The number of aliphatic hydroxyl groups excluding tert-OH is 1. The number of ether oxygens (including phenoxy) is 2. The van der Waals surface area contributed by atoms with Gasteiger partial charge in [-0.2, -0.15) is 0 Å². The smallest absolute Gasteiger partial charge is 0.130 e. The monoisotopic (exact) mass is 321 g/mol. The first-order chi connectivity index (χ1) is 9.22. The molecule has 0 aliphatic carbocycles. The lowest BCUT2D eigenvalue weighted by Gasteiger charge is -2.07. The van der Waals surface area contributed by atoms with Gasteiger partial charge in [-0.25, -0.2) is 0 Å². The lowest BCUT2D eigenvalue weighted by molar-refractivity contribution is 0.140.